The van der Waals surface area contributed by atoms with E-state index in [-0.39, 0.29) is 48.3 Å². The maximum absolute atomic E-state index is 13.5. The number of aromatic carboxylic acids is 1. The molecule has 2 unspecified atom stereocenters. The SMILES string of the molecule is CCN1CCN(C(=O)NC(C)C(=O)N[C@@H](Cc2cccc(C(=O)O)c2OC)B2OC3C[C@@H]4C[C@@H](C4(C)C)[C@]3(C)O2)C(=O)C1=O. The number of likely N-dealkylation sites (N-methyl/N-ethyl adjacent to an activating group) is 1. The number of carboxylic acid groups (broad SMARTS) is 1. The van der Waals surface area contributed by atoms with Crippen LogP contribution < -0.4 is 15.4 Å². The number of hydrogen-bond donors (Lipinski definition) is 3. The molecule has 14 heteroatoms. The molecule has 2 saturated heterocycles. The Balaban J connectivity index is 1.35. The van der Waals surface area contributed by atoms with Crippen LogP contribution in [0, 0.1) is 17.3 Å². The van der Waals surface area contributed by atoms with Gasteiger partial charge in [0.2, 0.25) is 5.91 Å². The van der Waals surface area contributed by atoms with Crippen molar-refractivity contribution in [3.05, 3.63) is 29.3 Å². The lowest BCUT2D eigenvalue weighted by Crippen LogP contribution is -2.65. The van der Waals surface area contributed by atoms with Crippen LogP contribution in [-0.2, 0) is 30.1 Å². The molecule has 3 N–H and O–H groups in total. The van der Waals surface area contributed by atoms with Gasteiger partial charge in [0.25, 0.3) is 0 Å². The number of nitrogens with zero attached hydrogens (tertiary/aromatic N) is 2. The first-order chi connectivity index (χ1) is 20.7. The lowest BCUT2D eigenvalue weighted by molar-refractivity contribution is -0.199. The fraction of sp³-hybridized carbons (Fsp3) is 0.633. The molecule has 44 heavy (non-hydrogen) atoms. The molecule has 2 aliphatic heterocycles. The van der Waals surface area contributed by atoms with Crippen LogP contribution in [0.25, 0.3) is 0 Å². The highest BCUT2D eigenvalue weighted by atomic mass is 16.7. The molecule has 1 aromatic rings. The third-order valence-electron chi connectivity index (χ3n) is 10.3. The summed E-state index contributed by atoms with van der Waals surface area (Å²) < 4.78 is 18.6. The molecule has 2 heterocycles. The number of carboxylic acids is 1. The molecule has 5 amide bonds. The van der Waals surface area contributed by atoms with E-state index in [1.165, 1.54) is 25.0 Å². The summed E-state index contributed by atoms with van der Waals surface area (Å²) in [6.45, 7) is 10.3. The van der Waals surface area contributed by atoms with Crippen LogP contribution in [0.1, 0.15) is 63.4 Å². The summed E-state index contributed by atoms with van der Waals surface area (Å²) >= 11 is 0. The summed E-state index contributed by atoms with van der Waals surface area (Å²) in [6.07, 6.45) is 1.82. The van der Waals surface area contributed by atoms with Crippen LogP contribution in [-0.4, -0.2) is 102 Å². The molecule has 13 nitrogen and oxygen atoms in total. The Morgan fingerprint density at radius 1 is 1.14 bits per heavy atom. The number of para-hydroxylation sites is 1. The number of piperazine rings is 1. The number of ether oxygens (including phenoxy) is 1. The lowest BCUT2D eigenvalue weighted by atomic mass is 9.43. The molecule has 3 saturated carbocycles. The van der Waals surface area contributed by atoms with Gasteiger partial charge in [0.1, 0.15) is 17.4 Å². The van der Waals surface area contributed by atoms with Crippen molar-refractivity contribution in [1.29, 1.82) is 0 Å². The third kappa shape index (κ3) is 5.31. The van der Waals surface area contributed by atoms with E-state index in [1.54, 1.807) is 19.1 Å². The Morgan fingerprint density at radius 2 is 1.86 bits per heavy atom. The summed E-state index contributed by atoms with van der Waals surface area (Å²) in [5, 5.41) is 15.2. The van der Waals surface area contributed by atoms with E-state index >= 15 is 0 Å². The summed E-state index contributed by atoms with van der Waals surface area (Å²) in [7, 11) is 0.530. The molecule has 2 bridgehead atoms. The van der Waals surface area contributed by atoms with Gasteiger partial charge in [-0.1, -0.05) is 26.0 Å². The predicted octanol–water partition coefficient (Wildman–Crippen LogP) is 1.48. The fourth-order valence-corrected chi connectivity index (χ4v) is 7.48. The molecule has 1 aromatic carbocycles. The van der Waals surface area contributed by atoms with Crippen molar-refractivity contribution in [3.8, 4) is 5.75 Å². The van der Waals surface area contributed by atoms with Crippen LogP contribution in [0.5, 0.6) is 5.75 Å². The molecule has 0 aromatic heterocycles. The molecule has 0 spiro atoms. The Bertz CT molecular complexity index is 1370. The van der Waals surface area contributed by atoms with Crippen molar-refractivity contribution in [2.24, 2.45) is 17.3 Å². The second-order valence-corrected chi connectivity index (χ2v) is 13.0. The van der Waals surface area contributed by atoms with Gasteiger partial charge in [-0.2, -0.15) is 0 Å². The number of rotatable bonds is 9. The zero-order chi connectivity index (χ0) is 32.1. The summed E-state index contributed by atoms with van der Waals surface area (Å²) in [5.74, 6) is -3.26. The first kappa shape index (κ1) is 31.8. The largest absolute Gasteiger partial charge is 0.496 e. The van der Waals surface area contributed by atoms with Gasteiger partial charge in [-0.15, -0.1) is 0 Å². The van der Waals surface area contributed by atoms with Gasteiger partial charge in [0.15, 0.2) is 0 Å². The van der Waals surface area contributed by atoms with Crippen LogP contribution >= 0.6 is 0 Å². The normalized spacial score (nSPS) is 28.5. The van der Waals surface area contributed by atoms with Crippen molar-refractivity contribution in [1.82, 2.24) is 20.4 Å². The number of nitrogens with one attached hydrogen (secondary N) is 2. The quantitative estimate of drug-likeness (QED) is 0.277. The van der Waals surface area contributed by atoms with Crippen LogP contribution in [0.3, 0.4) is 0 Å². The molecule has 6 atom stereocenters. The fourth-order valence-electron chi connectivity index (χ4n) is 7.48. The van der Waals surface area contributed by atoms with Gasteiger partial charge in [-0.3, -0.25) is 19.3 Å². The summed E-state index contributed by atoms with van der Waals surface area (Å²) in [5.41, 5.74) is 0.0482. The second-order valence-electron chi connectivity index (χ2n) is 13.0. The minimum atomic E-state index is -1.15. The number of benzene rings is 1. The average molecular weight is 612 g/mol. The molecule has 6 rings (SSSR count). The second kappa shape index (κ2) is 11.7. The smallest absolute Gasteiger partial charge is 0.482 e. The monoisotopic (exact) mass is 612 g/mol. The van der Waals surface area contributed by atoms with Crippen molar-refractivity contribution in [2.75, 3.05) is 26.7 Å². The number of hydrogen-bond acceptors (Lipinski definition) is 8. The predicted molar refractivity (Wildman–Crippen MR) is 158 cm³/mol. The van der Waals surface area contributed by atoms with Crippen LogP contribution in [0.2, 0.25) is 0 Å². The molecule has 0 radical (unpaired) electrons. The average Bonchev–Trinajstić information content (AvgIpc) is 3.34. The van der Waals surface area contributed by atoms with E-state index in [4.69, 9.17) is 14.0 Å². The Kier molecular flexibility index (Phi) is 8.45. The number of carbonyl (C=O) groups is 5. The first-order valence-corrected chi connectivity index (χ1v) is 15.2. The topological polar surface area (TPSA) is 164 Å². The number of amides is 5. The van der Waals surface area contributed by atoms with Gasteiger partial charge in [0.05, 0.1) is 24.8 Å². The maximum Gasteiger partial charge on any atom is 0.482 e. The number of carbonyl (C=O) groups excluding carboxylic acids is 4. The number of methoxy groups -OCH3 is 1. The summed E-state index contributed by atoms with van der Waals surface area (Å²) in [6, 6.07) is 2.83. The molecule has 5 aliphatic rings. The standard InChI is InChI=1S/C30H41BN4O9/c1-7-34-11-12-35(26(38)25(34)37)28(41)32-16(2)24(36)33-22(13-17-9-8-10-19(27(39)40)23(17)42-6)31-43-21-15-18-14-20(29(18,3)4)30(21,5)44-31/h8-10,16,18,20-22H,7,11-15H2,1-6H3,(H,32,41)(H,33,36)(H,39,40)/t16?,18-,20-,21?,22-,30-/m0/s1. The van der Waals surface area contributed by atoms with E-state index in [1.807, 2.05) is 0 Å². The molecule has 238 valence electrons. The number of urea groups is 1. The van der Waals surface area contributed by atoms with Gasteiger partial charge in [0, 0.05) is 19.6 Å². The van der Waals surface area contributed by atoms with Gasteiger partial charge in [-0.05, 0) is 68.9 Å². The Labute approximate surface area is 257 Å². The van der Waals surface area contributed by atoms with Gasteiger partial charge < -0.3 is 34.7 Å². The zero-order valence-corrected chi connectivity index (χ0v) is 26.0. The van der Waals surface area contributed by atoms with Gasteiger partial charge >= 0.3 is 30.9 Å². The molecule has 5 fully saturated rings. The minimum absolute atomic E-state index is 0.0170. The Hall–Kier alpha value is -3.65. The van der Waals surface area contributed by atoms with E-state index in [9.17, 15) is 29.1 Å². The van der Waals surface area contributed by atoms with Crippen molar-refractivity contribution >= 4 is 36.8 Å². The molecule has 3 aliphatic carbocycles. The highest BCUT2D eigenvalue weighted by molar-refractivity contribution is 6.48. The van der Waals surface area contributed by atoms with E-state index in [0.717, 1.165) is 17.7 Å². The van der Waals surface area contributed by atoms with Crippen molar-refractivity contribution < 1.29 is 43.1 Å². The zero-order valence-electron chi connectivity index (χ0n) is 26.0. The third-order valence-corrected chi connectivity index (χ3v) is 10.3. The van der Waals surface area contributed by atoms with Crippen LogP contribution in [0.15, 0.2) is 18.2 Å². The molecular weight excluding hydrogens is 571 g/mol. The van der Waals surface area contributed by atoms with E-state index in [2.05, 4.69) is 31.4 Å². The minimum Gasteiger partial charge on any atom is -0.496 e. The maximum atomic E-state index is 13.5. The number of imide groups is 1. The van der Waals surface area contributed by atoms with Crippen molar-refractivity contribution in [2.45, 2.75) is 77.6 Å². The molecular formula is C30H41BN4O9. The van der Waals surface area contributed by atoms with Gasteiger partial charge in [-0.25, -0.2) is 9.59 Å². The van der Waals surface area contributed by atoms with E-state index in [0.29, 0.717) is 18.0 Å². The lowest BCUT2D eigenvalue weighted by Gasteiger charge is -2.64. The Morgan fingerprint density at radius 3 is 2.50 bits per heavy atom. The van der Waals surface area contributed by atoms with Crippen molar-refractivity contribution in [3.63, 3.8) is 0 Å². The highest BCUT2D eigenvalue weighted by Crippen LogP contribution is 2.65. The first-order valence-electron chi connectivity index (χ1n) is 15.2. The van der Waals surface area contributed by atoms with Crippen LogP contribution in [0.4, 0.5) is 4.79 Å². The summed E-state index contributed by atoms with van der Waals surface area (Å²) in [4.78, 5) is 65.2. The highest BCUT2D eigenvalue weighted by Gasteiger charge is 2.68. The van der Waals surface area contributed by atoms with E-state index < -0.39 is 54.4 Å².